The molecule has 2 amide bonds. The van der Waals surface area contributed by atoms with E-state index in [1.54, 1.807) is 6.92 Å². The molecular formula is C11H11NO5. The molecular weight excluding hydrogens is 226 g/mol. The van der Waals surface area contributed by atoms with Crippen LogP contribution in [0.1, 0.15) is 29.5 Å². The van der Waals surface area contributed by atoms with Gasteiger partial charge in [-0.3, -0.25) is 14.5 Å². The van der Waals surface area contributed by atoms with Crippen molar-refractivity contribution >= 4 is 17.8 Å². The molecule has 1 saturated heterocycles. The van der Waals surface area contributed by atoms with E-state index in [0.717, 1.165) is 4.90 Å². The highest BCUT2D eigenvalue weighted by atomic mass is 16.4. The molecule has 6 nitrogen and oxygen atoms in total. The number of nitrogens with zero attached hydrogens (tertiary/aromatic N) is 1. The van der Waals surface area contributed by atoms with Crippen LogP contribution < -0.4 is 0 Å². The van der Waals surface area contributed by atoms with Gasteiger partial charge in [0.25, 0.3) is 0 Å². The second kappa shape index (κ2) is 4.04. The summed E-state index contributed by atoms with van der Waals surface area (Å²) in [5.41, 5.74) is 0.327. The largest absolute Gasteiger partial charge is 0.475 e. The first-order chi connectivity index (χ1) is 8.00. The normalized spacial score (nSPS) is 20.1. The predicted molar refractivity (Wildman–Crippen MR) is 55.0 cm³/mol. The summed E-state index contributed by atoms with van der Waals surface area (Å²) in [7, 11) is 0. The molecule has 90 valence electrons. The Hall–Kier alpha value is -2.11. The SMILES string of the molecule is CC1CC(=O)N(Cc2ccoc2C(=O)O)C1=O. The van der Waals surface area contributed by atoms with E-state index < -0.39 is 5.97 Å². The van der Waals surface area contributed by atoms with Crippen molar-refractivity contribution in [3.05, 3.63) is 23.7 Å². The summed E-state index contributed by atoms with van der Waals surface area (Å²) < 4.78 is 4.78. The maximum Gasteiger partial charge on any atom is 0.372 e. The molecule has 2 heterocycles. The number of carboxylic acids is 1. The average Bonchev–Trinajstić information content (AvgIpc) is 2.80. The van der Waals surface area contributed by atoms with Crippen molar-refractivity contribution in [3.8, 4) is 0 Å². The van der Waals surface area contributed by atoms with Crippen molar-refractivity contribution in [1.82, 2.24) is 4.90 Å². The minimum absolute atomic E-state index is 0.0415. The molecule has 1 fully saturated rings. The second-order valence-corrected chi connectivity index (χ2v) is 4.00. The lowest BCUT2D eigenvalue weighted by atomic mass is 10.1. The first-order valence-corrected chi connectivity index (χ1v) is 5.14. The fourth-order valence-corrected chi connectivity index (χ4v) is 1.83. The minimum Gasteiger partial charge on any atom is -0.475 e. The number of furan rings is 1. The summed E-state index contributed by atoms with van der Waals surface area (Å²) in [4.78, 5) is 35.1. The highest BCUT2D eigenvalue weighted by molar-refractivity contribution is 6.03. The summed E-state index contributed by atoms with van der Waals surface area (Å²) in [5.74, 6) is -2.32. The Bertz CT molecular complexity index is 490. The van der Waals surface area contributed by atoms with E-state index in [2.05, 4.69) is 0 Å². The molecule has 0 aliphatic carbocycles. The lowest BCUT2D eigenvalue weighted by Gasteiger charge is -2.13. The number of imide groups is 1. The Morgan fingerprint density at radius 1 is 1.59 bits per heavy atom. The molecule has 17 heavy (non-hydrogen) atoms. The Balaban J connectivity index is 2.21. The molecule has 6 heteroatoms. The van der Waals surface area contributed by atoms with Crippen molar-refractivity contribution < 1.29 is 23.9 Å². The molecule has 0 saturated carbocycles. The quantitative estimate of drug-likeness (QED) is 0.788. The van der Waals surface area contributed by atoms with E-state index in [-0.39, 0.29) is 36.5 Å². The fraction of sp³-hybridized carbons (Fsp3) is 0.364. The van der Waals surface area contributed by atoms with Gasteiger partial charge < -0.3 is 9.52 Å². The topological polar surface area (TPSA) is 87.8 Å². The number of carbonyl (C=O) groups excluding carboxylic acids is 2. The Morgan fingerprint density at radius 3 is 2.82 bits per heavy atom. The molecule has 0 radical (unpaired) electrons. The molecule has 2 rings (SSSR count). The van der Waals surface area contributed by atoms with Gasteiger partial charge in [0.1, 0.15) is 0 Å². The van der Waals surface area contributed by atoms with Gasteiger partial charge in [0.05, 0.1) is 12.8 Å². The maximum absolute atomic E-state index is 11.7. The maximum atomic E-state index is 11.7. The lowest BCUT2D eigenvalue weighted by Crippen LogP contribution is -2.30. The highest BCUT2D eigenvalue weighted by Gasteiger charge is 2.36. The van der Waals surface area contributed by atoms with Crippen LogP contribution >= 0.6 is 0 Å². The van der Waals surface area contributed by atoms with Crippen molar-refractivity contribution in [2.45, 2.75) is 19.9 Å². The molecule has 1 atom stereocenters. The van der Waals surface area contributed by atoms with Crippen LogP contribution in [0, 0.1) is 5.92 Å². The molecule has 0 aromatic carbocycles. The van der Waals surface area contributed by atoms with Crippen LogP contribution in [-0.2, 0) is 16.1 Å². The molecule has 1 aromatic rings. The van der Waals surface area contributed by atoms with Crippen LogP contribution in [0.4, 0.5) is 0 Å². The van der Waals surface area contributed by atoms with Gasteiger partial charge in [-0.05, 0) is 6.07 Å². The Morgan fingerprint density at radius 2 is 2.29 bits per heavy atom. The van der Waals surface area contributed by atoms with Gasteiger partial charge in [0.15, 0.2) is 0 Å². The number of hydrogen-bond acceptors (Lipinski definition) is 4. The minimum atomic E-state index is -1.21. The number of hydrogen-bond donors (Lipinski definition) is 1. The van der Waals surface area contributed by atoms with Gasteiger partial charge in [-0.15, -0.1) is 0 Å². The van der Waals surface area contributed by atoms with Crippen LogP contribution in [-0.4, -0.2) is 27.8 Å². The molecule has 1 N–H and O–H groups in total. The number of aromatic carboxylic acids is 1. The third-order valence-electron chi connectivity index (χ3n) is 2.74. The van der Waals surface area contributed by atoms with Crippen LogP contribution in [0.25, 0.3) is 0 Å². The van der Waals surface area contributed by atoms with Crippen molar-refractivity contribution in [2.75, 3.05) is 0 Å². The second-order valence-electron chi connectivity index (χ2n) is 4.00. The predicted octanol–water partition coefficient (Wildman–Crippen LogP) is 0.873. The van der Waals surface area contributed by atoms with Gasteiger partial charge in [0.2, 0.25) is 17.6 Å². The molecule has 0 bridgehead atoms. The molecule has 1 aliphatic rings. The summed E-state index contributed by atoms with van der Waals surface area (Å²) in [6, 6.07) is 1.45. The number of carboxylic acid groups (broad SMARTS) is 1. The van der Waals surface area contributed by atoms with Crippen molar-refractivity contribution in [1.29, 1.82) is 0 Å². The van der Waals surface area contributed by atoms with Crippen LogP contribution in [0.2, 0.25) is 0 Å². The summed E-state index contributed by atoms with van der Waals surface area (Å²) >= 11 is 0. The zero-order chi connectivity index (χ0) is 12.6. The van der Waals surface area contributed by atoms with E-state index in [4.69, 9.17) is 9.52 Å². The van der Waals surface area contributed by atoms with Gasteiger partial charge in [0, 0.05) is 17.9 Å². The zero-order valence-corrected chi connectivity index (χ0v) is 9.17. The van der Waals surface area contributed by atoms with Crippen LogP contribution in [0.15, 0.2) is 16.7 Å². The third kappa shape index (κ3) is 1.93. The lowest BCUT2D eigenvalue weighted by molar-refractivity contribution is -0.139. The molecule has 1 aliphatic heterocycles. The summed E-state index contributed by atoms with van der Waals surface area (Å²) in [6.45, 7) is 1.63. The monoisotopic (exact) mass is 237 g/mol. The summed E-state index contributed by atoms with van der Waals surface area (Å²) in [6.07, 6.45) is 1.41. The van der Waals surface area contributed by atoms with Crippen molar-refractivity contribution in [3.63, 3.8) is 0 Å². The van der Waals surface area contributed by atoms with E-state index in [9.17, 15) is 14.4 Å². The first kappa shape index (κ1) is 11.4. The summed E-state index contributed by atoms with van der Waals surface area (Å²) in [5, 5.41) is 8.83. The average molecular weight is 237 g/mol. The number of likely N-dealkylation sites (tertiary alicyclic amines) is 1. The molecule has 1 aromatic heterocycles. The van der Waals surface area contributed by atoms with Gasteiger partial charge in [-0.1, -0.05) is 6.92 Å². The molecule has 0 spiro atoms. The Labute approximate surface area is 96.8 Å². The number of carbonyl (C=O) groups is 3. The standard InChI is InChI=1S/C11H11NO5/c1-6-4-8(13)12(10(6)14)5-7-2-3-17-9(7)11(15)16/h2-3,6H,4-5H2,1H3,(H,15,16). The van der Waals surface area contributed by atoms with Gasteiger partial charge in [-0.25, -0.2) is 4.79 Å². The number of rotatable bonds is 3. The van der Waals surface area contributed by atoms with E-state index >= 15 is 0 Å². The van der Waals surface area contributed by atoms with E-state index in [1.165, 1.54) is 12.3 Å². The van der Waals surface area contributed by atoms with E-state index in [1.807, 2.05) is 0 Å². The van der Waals surface area contributed by atoms with Crippen molar-refractivity contribution in [2.24, 2.45) is 5.92 Å². The number of amides is 2. The zero-order valence-electron chi connectivity index (χ0n) is 9.17. The first-order valence-electron chi connectivity index (χ1n) is 5.14. The van der Waals surface area contributed by atoms with Crippen LogP contribution in [0.3, 0.4) is 0 Å². The Kier molecular flexibility index (Phi) is 2.71. The molecule has 1 unspecified atom stereocenters. The highest BCUT2D eigenvalue weighted by Crippen LogP contribution is 2.22. The fourth-order valence-electron chi connectivity index (χ4n) is 1.83. The third-order valence-corrected chi connectivity index (χ3v) is 2.74. The smallest absolute Gasteiger partial charge is 0.372 e. The van der Waals surface area contributed by atoms with Crippen LogP contribution in [0.5, 0.6) is 0 Å². The van der Waals surface area contributed by atoms with Gasteiger partial charge >= 0.3 is 5.97 Å². The van der Waals surface area contributed by atoms with Gasteiger partial charge in [-0.2, -0.15) is 0 Å². The van der Waals surface area contributed by atoms with E-state index in [0.29, 0.717) is 5.56 Å².